The summed E-state index contributed by atoms with van der Waals surface area (Å²) in [6.07, 6.45) is 21.3. The SMILES string of the molecule is [CH3][Zr]([CH3])(=[SiH2])([CH]1C(CC2CCCCC2)=Cc2c(-c3c4ccccc4cc4ccccc34)ccc(-c3c4ccccc4cc4ccccc34)c21)[CH]1C(CC2CCCCC2)=Cc2c(-c3c4ccccc4cc4ccccc34)ccc(-c3c4ccccc4cc4ccccc34)c21. The summed E-state index contributed by atoms with van der Waals surface area (Å²) in [7, 11) is 0. The van der Waals surface area contributed by atoms with E-state index in [-0.39, 0.29) is 7.25 Å². The van der Waals surface area contributed by atoms with E-state index in [1.807, 2.05) is 0 Å². The molecule has 92 heavy (non-hydrogen) atoms. The Hall–Kier alpha value is -8.26. The first-order valence-electron chi connectivity index (χ1n) is 34.6. The molecule has 14 aromatic carbocycles. The van der Waals surface area contributed by atoms with Crippen LogP contribution in [0.1, 0.15) is 107 Å². The summed E-state index contributed by atoms with van der Waals surface area (Å²) < 4.78 is 6.51. The molecule has 0 aliphatic heterocycles. The first-order valence-corrected chi connectivity index (χ1v) is 48.3. The number of hydrogen-bond acceptors (Lipinski definition) is 0. The van der Waals surface area contributed by atoms with Crippen molar-refractivity contribution >= 4 is 105 Å². The molecule has 0 amide bonds. The molecule has 0 bridgehead atoms. The summed E-state index contributed by atoms with van der Waals surface area (Å²) in [6, 6.07) is 94.7. The van der Waals surface area contributed by atoms with Gasteiger partial charge < -0.3 is 0 Å². The predicted molar refractivity (Wildman–Crippen MR) is 399 cm³/mol. The van der Waals surface area contributed by atoms with Gasteiger partial charge in [0.25, 0.3) is 0 Å². The normalized spacial score (nSPS) is 17.4. The van der Waals surface area contributed by atoms with Crippen LogP contribution in [0.5, 0.6) is 0 Å². The number of fused-ring (bicyclic) bond motifs is 10. The quantitative estimate of drug-likeness (QED) is 0.0946. The van der Waals surface area contributed by atoms with Gasteiger partial charge in [-0.3, -0.25) is 0 Å². The maximum absolute atomic E-state index is 4.85. The van der Waals surface area contributed by atoms with Gasteiger partial charge in [0.15, 0.2) is 0 Å². The van der Waals surface area contributed by atoms with Crippen molar-refractivity contribution in [1.82, 2.24) is 0 Å². The van der Waals surface area contributed by atoms with Gasteiger partial charge in [-0.15, -0.1) is 0 Å². The van der Waals surface area contributed by atoms with Crippen LogP contribution in [0.15, 0.2) is 254 Å². The van der Waals surface area contributed by atoms with E-state index in [1.54, 1.807) is 22.3 Å². The van der Waals surface area contributed by atoms with Crippen molar-refractivity contribution < 1.29 is 17.4 Å². The van der Waals surface area contributed by atoms with Crippen LogP contribution >= 0.6 is 0 Å². The molecule has 446 valence electrons. The van der Waals surface area contributed by atoms with E-state index in [4.69, 9.17) is 0 Å². The molecule has 0 saturated heterocycles. The van der Waals surface area contributed by atoms with Crippen LogP contribution in [-0.4, -0.2) is 6.88 Å². The Morgan fingerprint density at radius 3 is 0.783 bits per heavy atom. The fourth-order valence-corrected chi connectivity index (χ4v) is 38.8. The van der Waals surface area contributed by atoms with Gasteiger partial charge >= 0.3 is 549 Å². The topological polar surface area (TPSA) is 0 Å². The summed E-state index contributed by atoms with van der Waals surface area (Å²) >= 11 is -4.85. The maximum atomic E-state index is 3.01. The summed E-state index contributed by atoms with van der Waals surface area (Å²) in [4.78, 5) is 0. The zero-order chi connectivity index (χ0) is 61.3. The molecular formula is C90H78SiZr. The minimum absolute atomic E-state index is 0.241. The van der Waals surface area contributed by atoms with Gasteiger partial charge in [0.2, 0.25) is 0 Å². The van der Waals surface area contributed by atoms with Gasteiger partial charge in [0, 0.05) is 0 Å². The summed E-state index contributed by atoms with van der Waals surface area (Å²) in [5, 5.41) is 21.2. The number of rotatable bonds is 10. The van der Waals surface area contributed by atoms with Crippen molar-refractivity contribution in [2.24, 2.45) is 11.8 Å². The Balaban J connectivity index is 0.996. The van der Waals surface area contributed by atoms with E-state index in [0.29, 0.717) is 11.8 Å². The molecule has 0 heterocycles. The number of hydrogen-bond donors (Lipinski definition) is 0. The third-order valence-corrected chi connectivity index (χ3v) is 40.5. The van der Waals surface area contributed by atoms with Gasteiger partial charge in [-0.1, -0.05) is 0 Å². The first-order chi connectivity index (χ1) is 45.2. The molecule has 2 fully saturated rings. The Labute approximate surface area is 544 Å². The molecule has 0 radical (unpaired) electrons. The Bertz CT molecular complexity index is 4990. The van der Waals surface area contributed by atoms with Crippen LogP contribution in [-0.2, 0) is 17.4 Å². The summed E-state index contributed by atoms with van der Waals surface area (Å²) in [6.45, 7) is 2.62. The van der Waals surface area contributed by atoms with Crippen molar-refractivity contribution in [1.29, 1.82) is 0 Å². The standard InChI is InChI=1S/2C44H35.2CH3.H2Si.Zr/c2*1-2-12-29(13-3-1)24-30-25-41-39(43-35-18-8-4-14-31(35)27-32-15-5-9-19-36(32)43)22-23-40(42(41)26-30)44-37-20-10-6-16-33(37)28-34-17-7-11-21-38(34)44;;;;/h2*4-11,14-23,25-29H,1-3,12-13,24H2;2*1H3;1H2;. The Morgan fingerprint density at radius 1 is 0.293 bits per heavy atom. The zero-order valence-electron chi connectivity index (χ0n) is 53.3. The third-order valence-electron chi connectivity index (χ3n) is 23.1. The molecule has 2 saturated carbocycles. The Morgan fingerprint density at radius 2 is 0.522 bits per heavy atom. The van der Waals surface area contributed by atoms with Gasteiger partial charge in [-0.05, 0) is 0 Å². The average Bonchev–Trinajstić information content (AvgIpc) is 1.47. The van der Waals surface area contributed by atoms with E-state index in [2.05, 4.69) is 271 Å². The predicted octanol–water partition coefficient (Wildman–Crippen LogP) is 25.4. The van der Waals surface area contributed by atoms with Crippen LogP contribution in [0.3, 0.4) is 0 Å². The summed E-state index contributed by atoms with van der Waals surface area (Å²) in [5.41, 5.74) is 20.8. The number of benzene rings is 14. The van der Waals surface area contributed by atoms with Gasteiger partial charge in [-0.25, -0.2) is 0 Å². The first kappa shape index (κ1) is 56.5. The van der Waals surface area contributed by atoms with Gasteiger partial charge in [0.05, 0.1) is 0 Å². The molecule has 0 aromatic heterocycles. The average molecular weight is 1280 g/mol. The number of allylic oxidation sites excluding steroid dienone is 2. The second-order valence-corrected chi connectivity index (χ2v) is 59.9. The molecular weight excluding hydrogens is 1200 g/mol. The molecule has 0 N–H and O–H groups in total. The van der Waals surface area contributed by atoms with Gasteiger partial charge in [-0.2, -0.15) is 0 Å². The van der Waals surface area contributed by atoms with E-state index < -0.39 is 17.4 Å². The zero-order valence-corrected chi connectivity index (χ0v) is 57.1. The van der Waals surface area contributed by atoms with Crippen LogP contribution < -0.4 is 0 Å². The van der Waals surface area contributed by atoms with Crippen LogP contribution in [0.2, 0.25) is 9.26 Å². The second-order valence-electron chi connectivity index (χ2n) is 29.4. The molecule has 2 atom stereocenters. The van der Waals surface area contributed by atoms with Crippen molar-refractivity contribution in [2.75, 3.05) is 0 Å². The fourth-order valence-electron chi connectivity index (χ4n) is 19.3. The van der Waals surface area contributed by atoms with E-state index >= 15 is 0 Å². The molecule has 0 spiro atoms. The minimum atomic E-state index is -4.85. The van der Waals surface area contributed by atoms with Crippen molar-refractivity contribution in [3.63, 3.8) is 0 Å². The van der Waals surface area contributed by atoms with Crippen molar-refractivity contribution in [3.8, 4) is 44.5 Å². The molecule has 4 aliphatic rings. The van der Waals surface area contributed by atoms with E-state index in [9.17, 15) is 0 Å². The third kappa shape index (κ3) is 9.12. The van der Waals surface area contributed by atoms with Crippen molar-refractivity contribution in [2.45, 2.75) is 93.6 Å². The van der Waals surface area contributed by atoms with Crippen molar-refractivity contribution in [3.05, 3.63) is 276 Å². The molecule has 0 nitrogen and oxygen atoms in total. The summed E-state index contributed by atoms with van der Waals surface area (Å²) in [5.74, 6) is 1.31. The van der Waals surface area contributed by atoms with Crippen LogP contribution in [0.4, 0.5) is 0 Å². The monoisotopic (exact) mass is 1280 g/mol. The van der Waals surface area contributed by atoms with Gasteiger partial charge in [0.1, 0.15) is 0 Å². The van der Waals surface area contributed by atoms with Crippen LogP contribution in [0, 0.1) is 11.8 Å². The second kappa shape index (κ2) is 22.2. The molecule has 18 rings (SSSR count). The van der Waals surface area contributed by atoms with E-state index in [1.165, 1.54) is 206 Å². The molecule has 2 heteroatoms. The fraction of sp³-hybridized carbons (Fsp3) is 0.200. The molecule has 14 aromatic rings. The molecule has 4 aliphatic carbocycles. The van der Waals surface area contributed by atoms with E-state index in [0.717, 1.165) is 12.8 Å². The van der Waals surface area contributed by atoms with Crippen LogP contribution in [0.25, 0.3) is 143 Å². The molecule has 2 unspecified atom stereocenters. The Kier molecular flexibility index (Phi) is 13.6.